The van der Waals surface area contributed by atoms with Crippen LogP contribution in [-0.4, -0.2) is 46.8 Å². The average molecular weight is 609 g/mol. The number of benzene rings is 3. The molecule has 3 aromatic carbocycles. The lowest BCUT2D eigenvalue weighted by Gasteiger charge is -2.11. The Balaban J connectivity index is 1.69. The maximum atomic E-state index is 13.5. The van der Waals surface area contributed by atoms with Crippen molar-refractivity contribution < 1.29 is 55.2 Å². The van der Waals surface area contributed by atoms with Crippen LogP contribution in [0.3, 0.4) is 0 Å². The molecule has 0 spiro atoms. The summed E-state index contributed by atoms with van der Waals surface area (Å²) in [5.41, 5.74) is -0.366. The lowest BCUT2D eigenvalue weighted by molar-refractivity contribution is -0.274. The van der Waals surface area contributed by atoms with Gasteiger partial charge in [0.15, 0.2) is 0 Å². The van der Waals surface area contributed by atoms with Crippen molar-refractivity contribution in [2.24, 2.45) is 0 Å². The van der Waals surface area contributed by atoms with Gasteiger partial charge in [0, 0.05) is 24.4 Å². The Morgan fingerprint density at radius 2 is 1.56 bits per heavy atom. The second-order valence-electron chi connectivity index (χ2n) is 8.81. The number of alkyl halides is 6. The van der Waals surface area contributed by atoms with E-state index in [-0.39, 0.29) is 47.2 Å². The number of carboxylic acid groups (broad SMARTS) is 1. The van der Waals surface area contributed by atoms with Gasteiger partial charge in [-0.3, -0.25) is 9.59 Å². The molecule has 43 heavy (non-hydrogen) atoms. The highest BCUT2D eigenvalue weighted by Gasteiger charge is 2.32. The number of hydrogen-bond donors (Lipinski definition) is 2. The summed E-state index contributed by atoms with van der Waals surface area (Å²) < 4.78 is 94.3. The van der Waals surface area contributed by atoms with E-state index in [4.69, 9.17) is 14.6 Å². The number of aliphatic carboxylic acids is 1. The molecule has 9 nitrogen and oxygen atoms in total. The van der Waals surface area contributed by atoms with Crippen LogP contribution < -0.4 is 19.5 Å². The van der Waals surface area contributed by atoms with Gasteiger partial charge >= 0.3 is 18.5 Å². The lowest BCUT2D eigenvalue weighted by Crippen LogP contribution is -2.25. The Labute approximate surface area is 239 Å². The van der Waals surface area contributed by atoms with Crippen LogP contribution in [0.25, 0.3) is 16.8 Å². The summed E-state index contributed by atoms with van der Waals surface area (Å²) in [6.07, 6.45) is -8.55. The normalized spacial score (nSPS) is 11.6. The summed E-state index contributed by atoms with van der Waals surface area (Å²) in [5, 5.41) is 15.4. The van der Waals surface area contributed by atoms with Gasteiger partial charge in [-0.1, -0.05) is 12.1 Å². The number of carbonyl (C=O) groups is 2. The van der Waals surface area contributed by atoms with Crippen molar-refractivity contribution in [2.45, 2.75) is 19.0 Å². The van der Waals surface area contributed by atoms with Crippen molar-refractivity contribution in [3.05, 3.63) is 84.1 Å². The van der Waals surface area contributed by atoms with E-state index in [0.29, 0.717) is 5.56 Å². The highest BCUT2D eigenvalue weighted by Crippen LogP contribution is 2.37. The van der Waals surface area contributed by atoms with Crippen LogP contribution in [0, 0.1) is 0 Å². The first-order valence-electron chi connectivity index (χ1n) is 12.2. The molecule has 2 N–H and O–H groups in total. The van der Waals surface area contributed by atoms with E-state index in [9.17, 15) is 35.9 Å². The van der Waals surface area contributed by atoms with Crippen LogP contribution in [0.4, 0.5) is 26.3 Å². The fraction of sp³-hybridized carbons (Fsp3) is 0.179. The molecule has 0 aliphatic rings. The molecule has 0 saturated carbocycles. The van der Waals surface area contributed by atoms with Gasteiger partial charge in [0.25, 0.3) is 5.91 Å². The molecule has 1 aromatic heterocycles. The van der Waals surface area contributed by atoms with Gasteiger partial charge < -0.3 is 24.6 Å². The largest absolute Gasteiger partial charge is 0.573 e. The number of nitrogens with one attached hydrogen (secondary N) is 1. The van der Waals surface area contributed by atoms with E-state index < -0.39 is 35.7 Å². The Hall–Kier alpha value is -5.21. The molecule has 4 rings (SSSR count). The number of rotatable bonds is 10. The van der Waals surface area contributed by atoms with Gasteiger partial charge in [-0.15, -0.1) is 18.3 Å². The minimum atomic E-state index is -4.91. The van der Waals surface area contributed by atoms with Crippen molar-refractivity contribution in [3.8, 4) is 39.9 Å². The topological polar surface area (TPSA) is 112 Å². The molecule has 1 amide bonds. The number of aromatic nitrogens is 2. The number of ether oxygens (including phenoxy) is 3. The number of carboxylic acids is 1. The van der Waals surface area contributed by atoms with Crippen molar-refractivity contribution in [1.82, 2.24) is 15.1 Å². The monoisotopic (exact) mass is 609 g/mol. The molecule has 1 heterocycles. The number of methoxy groups -OCH3 is 1. The zero-order valence-electron chi connectivity index (χ0n) is 22.0. The Morgan fingerprint density at radius 3 is 2.14 bits per heavy atom. The quantitative estimate of drug-likeness (QED) is 0.199. The van der Waals surface area contributed by atoms with Crippen LogP contribution in [0.1, 0.15) is 22.3 Å². The fourth-order valence-electron chi connectivity index (χ4n) is 3.77. The van der Waals surface area contributed by atoms with E-state index >= 15 is 0 Å². The second-order valence-corrected chi connectivity index (χ2v) is 8.81. The molecule has 0 aliphatic heterocycles. The maximum Gasteiger partial charge on any atom is 0.573 e. The van der Waals surface area contributed by atoms with Crippen molar-refractivity contribution in [3.63, 3.8) is 0 Å². The van der Waals surface area contributed by atoms with E-state index in [0.717, 1.165) is 28.9 Å². The van der Waals surface area contributed by atoms with Gasteiger partial charge in [-0.25, -0.2) is 4.68 Å². The smallest absolute Gasteiger partial charge is 0.497 e. The molecule has 15 heteroatoms. The van der Waals surface area contributed by atoms with Crippen molar-refractivity contribution in [1.29, 1.82) is 0 Å². The predicted octanol–water partition coefficient (Wildman–Crippen LogP) is 6.46. The molecule has 0 fully saturated rings. The first-order chi connectivity index (χ1) is 20.2. The van der Waals surface area contributed by atoms with E-state index in [1.54, 1.807) is 0 Å². The summed E-state index contributed by atoms with van der Waals surface area (Å²) in [4.78, 5) is 22.9. The van der Waals surface area contributed by atoms with Gasteiger partial charge in [-0.05, 0) is 54.1 Å². The summed E-state index contributed by atoms with van der Waals surface area (Å²) in [5.74, 6) is -2.17. The summed E-state index contributed by atoms with van der Waals surface area (Å²) in [7, 11) is 1.20. The third kappa shape index (κ3) is 8.18. The summed E-state index contributed by atoms with van der Waals surface area (Å²) >= 11 is 0. The first kappa shape index (κ1) is 30.7. The number of amides is 1. The first-order valence-corrected chi connectivity index (χ1v) is 12.2. The summed E-state index contributed by atoms with van der Waals surface area (Å²) in [6.45, 7) is -0.0830. The maximum absolute atomic E-state index is 13.5. The third-order valence-electron chi connectivity index (χ3n) is 5.75. The van der Waals surface area contributed by atoms with E-state index in [2.05, 4.69) is 15.2 Å². The Morgan fingerprint density at radius 1 is 0.907 bits per heavy atom. The zero-order chi connectivity index (χ0) is 31.4. The Bertz CT molecular complexity index is 1600. The molecule has 0 bridgehead atoms. The SMILES string of the molecule is COc1cc(-n2cc(-c3ccc(OC(F)(F)F)cc3)c(Oc3ccc(C(=O)NCCC(=O)O)cc3)n2)cc(C(F)(F)F)c1. The lowest BCUT2D eigenvalue weighted by atomic mass is 10.1. The minimum absolute atomic E-state index is 0.0480. The van der Waals surface area contributed by atoms with Crippen LogP contribution >= 0.6 is 0 Å². The molecular weight excluding hydrogens is 588 g/mol. The van der Waals surface area contributed by atoms with Gasteiger partial charge in [-0.2, -0.15) is 13.2 Å². The zero-order valence-corrected chi connectivity index (χ0v) is 22.0. The molecule has 4 aromatic rings. The average Bonchev–Trinajstić information content (AvgIpc) is 3.35. The Kier molecular flexibility index (Phi) is 8.82. The number of carbonyl (C=O) groups excluding carboxylic acids is 1. The van der Waals surface area contributed by atoms with Crippen molar-refractivity contribution >= 4 is 11.9 Å². The van der Waals surface area contributed by atoms with Crippen LogP contribution in [0.2, 0.25) is 0 Å². The van der Waals surface area contributed by atoms with E-state index in [1.165, 1.54) is 55.8 Å². The van der Waals surface area contributed by atoms with Crippen molar-refractivity contribution in [2.75, 3.05) is 13.7 Å². The highest BCUT2D eigenvalue weighted by molar-refractivity contribution is 5.94. The molecule has 0 atom stereocenters. The highest BCUT2D eigenvalue weighted by atomic mass is 19.4. The molecule has 0 radical (unpaired) electrons. The van der Waals surface area contributed by atoms with Gasteiger partial charge in [0.2, 0.25) is 5.88 Å². The van der Waals surface area contributed by atoms with Crippen LogP contribution in [0.5, 0.6) is 23.1 Å². The number of nitrogens with zero attached hydrogens (tertiary/aromatic N) is 2. The minimum Gasteiger partial charge on any atom is -0.497 e. The van der Waals surface area contributed by atoms with Crippen LogP contribution in [-0.2, 0) is 11.0 Å². The second kappa shape index (κ2) is 12.3. The van der Waals surface area contributed by atoms with Gasteiger partial charge in [0.05, 0.1) is 30.3 Å². The molecular formula is C28H21F6N3O6. The molecule has 226 valence electrons. The third-order valence-corrected chi connectivity index (χ3v) is 5.75. The van der Waals surface area contributed by atoms with E-state index in [1.807, 2.05) is 0 Å². The number of halogens is 6. The van der Waals surface area contributed by atoms with Gasteiger partial charge in [0.1, 0.15) is 17.2 Å². The summed E-state index contributed by atoms with van der Waals surface area (Å²) in [6, 6.07) is 13.2. The standard InChI is InChI=1S/C28H21F6N3O6/c1-41-22-13-18(27(29,30)31)12-19(14-22)37-15-23(16-2-8-21(9-3-16)43-28(32,33)34)26(36-37)42-20-6-4-17(5-7-20)25(40)35-11-10-24(38)39/h2-9,12-15H,10-11H2,1H3,(H,35,40)(H,38,39). The molecule has 0 saturated heterocycles. The fourth-order valence-corrected chi connectivity index (χ4v) is 3.77. The van der Waals surface area contributed by atoms with Crippen LogP contribution in [0.15, 0.2) is 72.9 Å². The predicted molar refractivity (Wildman–Crippen MR) is 138 cm³/mol. The molecule has 0 aliphatic carbocycles. The molecule has 0 unspecified atom stereocenters. The number of hydrogen-bond acceptors (Lipinski definition) is 6.